The third kappa shape index (κ3) is 7.93. The number of hydrogen-bond acceptors (Lipinski definition) is 4. The Hall–Kier alpha value is -3.21. The van der Waals surface area contributed by atoms with Crippen molar-refractivity contribution in [3.8, 4) is 0 Å². The lowest BCUT2D eigenvalue weighted by molar-refractivity contribution is -0.140. The molecule has 1 atom stereocenters. The summed E-state index contributed by atoms with van der Waals surface area (Å²) >= 11 is 3.49. The van der Waals surface area contributed by atoms with Gasteiger partial charge in [0.25, 0.3) is 0 Å². The molecule has 3 aromatic rings. The summed E-state index contributed by atoms with van der Waals surface area (Å²) in [5.41, 5.74) is 3.69. The molecule has 0 saturated carbocycles. The van der Waals surface area contributed by atoms with Crippen LogP contribution >= 0.6 is 15.9 Å². The number of benzene rings is 3. The molecule has 0 heterocycles. The zero-order valence-corrected chi connectivity index (χ0v) is 26.0. The summed E-state index contributed by atoms with van der Waals surface area (Å²) in [4.78, 5) is 29.2. The smallest absolute Gasteiger partial charge is 0.304 e. The zero-order valence-electron chi connectivity index (χ0n) is 23.6. The third-order valence-electron chi connectivity index (χ3n) is 6.52. The van der Waals surface area contributed by atoms with Crippen LogP contribution in [0.4, 0.5) is 5.69 Å². The van der Waals surface area contributed by atoms with Crippen LogP contribution in [0.5, 0.6) is 0 Å². The number of amides is 2. The third-order valence-corrected chi connectivity index (χ3v) is 8.82. The van der Waals surface area contributed by atoms with Crippen LogP contribution in [0, 0.1) is 13.8 Å². The van der Waals surface area contributed by atoms with Crippen LogP contribution in [-0.4, -0.2) is 62.7 Å². The maximum Gasteiger partial charge on any atom is 0.304 e. The Balaban J connectivity index is 2.11. The van der Waals surface area contributed by atoms with E-state index in [-0.39, 0.29) is 18.9 Å². The van der Waals surface area contributed by atoms with Gasteiger partial charge in [-0.1, -0.05) is 70.5 Å². The molecule has 0 aliphatic rings. The van der Waals surface area contributed by atoms with E-state index in [4.69, 9.17) is 0 Å². The van der Waals surface area contributed by atoms with Crippen LogP contribution < -0.4 is 9.62 Å². The number of carbonyl (C=O) groups excluding carboxylic acids is 2. The molecular weight excluding hydrogens is 592 g/mol. The van der Waals surface area contributed by atoms with E-state index in [2.05, 4.69) is 21.2 Å². The fourth-order valence-electron chi connectivity index (χ4n) is 4.37. The van der Waals surface area contributed by atoms with E-state index in [9.17, 15) is 18.0 Å². The van der Waals surface area contributed by atoms with Crippen LogP contribution in [0.1, 0.15) is 29.2 Å². The summed E-state index contributed by atoms with van der Waals surface area (Å²) in [6, 6.07) is 21.6. The number of hydrogen-bond donors (Lipinski definition) is 1. The lowest BCUT2D eigenvalue weighted by Crippen LogP contribution is -2.54. The number of likely N-dealkylation sites (N-methyl/N-ethyl adjacent to an activating group) is 1. The van der Waals surface area contributed by atoms with Crippen LogP contribution in [0.3, 0.4) is 0 Å². The number of aryl methyl sites for hydroxylation is 2. The van der Waals surface area contributed by atoms with Crippen molar-refractivity contribution in [2.75, 3.05) is 31.5 Å². The number of rotatable bonds is 12. The molecule has 0 bridgehead atoms. The molecule has 2 amide bonds. The highest BCUT2D eigenvalue weighted by Crippen LogP contribution is 2.26. The van der Waals surface area contributed by atoms with Gasteiger partial charge >= 0.3 is 10.2 Å². The molecule has 40 heavy (non-hydrogen) atoms. The van der Waals surface area contributed by atoms with Crippen LogP contribution in [0.15, 0.2) is 77.3 Å². The maximum atomic E-state index is 14.2. The fraction of sp³-hybridized carbons (Fsp3) is 0.333. The van der Waals surface area contributed by atoms with E-state index < -0.39 is 28.7 Å². The minimum Gasteiger partial charge on any atom is -0.355 e. The summed E-state index contributed by atoms with van der Waals surface area (Å²) in [5, 5.41) is 2.87. The minimum atomic E-state index is -4.04. The number of nitrogens with one attached hydrogen (secondary N) is 1. The molecule has 0 saturated heterocycles. The van der Waals surface area contributed by atoms with Crippen molar-refractivity contribution in [3.05, 3.63) is 99.5 Å². The van der Waals surface area contributed by atoms with Gasteiger partial charge in [0.15, 0.2) is 0 Å². The first-order valence-electron chi connectivity index (χ1n) is 13.1. The van der Waals surface area contributed by atoms with Gasteiger partial charge in [-0.2, -0.15) is 12.7 Å². The van der Waals surface area contributed by atoms with Gasteiger partial charge in [-0.15, -0.1) is 0 Å². The molecular formula is C30H37BrN4O4S. The van der Waals surface area contributed by atoms with Crippen LogP contribution in [0.25, 0.3) is 0 Å². The van der Waals surface area contributed by atoms with Crippen molar-refractivity contribution in [3.63, 3.8) is 0 Å². The lowest BCUT2D eigenvalue weighted by Gasteiger charge is -2.34. The number of carbonyl (C=O) groups is 2. The Morgan fingerprint density at radius 2 is 1.60 bits per heavy atom. The van der Waals surface area contributed by atoms with Crippen molar-refractivity contribution < 1.29 is 18.0 Å². The van der Waals surface area contributed by atoms with E-state index >= 15 is 0 Å². The fourth-order valence-corrected chi connectivity index (χ4v) is 5.93. The molecule has 0 aliphatic carbocycles. The molecule has 10 heteroatoms. The van der Waals surface area contributed by atoms with Crippen LogP contribution in [-0.2, 0) is 32.8 Å². The highest BCUT2D eigenvalue weighted by atomic mass is 79.9. The normalized spacial score (nSPS) is 12.2. The average Bonchev–Trinajstić information content (AvgIpc) is 2.91. The van der Waals surface area contributed by atoms with E-state index in [0.29, 0.717) is 17.8 Å². The predicted octanol–water partition coefficient (Wildman–Crippen LogP) is 4.45. The standard InChI is InChI=1S/C30H37BrN4O4S/c1-6-32-30(37)28(19-24-11-8-7-9-12-24)34(20-25-13-10-14-26(31)18-25)29(36)21-35(40(38,39)33(4)5)27-17-22(2)15-16-23(27)3/h7-18,28H,6,19-21H2,1-5H3,(H,32,37)/t28-/m1/s1. The van der Waals surface area contributed by atoms with Gasteiger partial charge < -0.3 is 10.2 Å². The largest absolute Gasteiger partial charge is 0.355 e. The Morgan fingerprint density at radius 3 is 2.23 bits per heavy atom. The predicted molar refractivity (Wildman–Crippen MR) is 163 cm³/mol. The van der Waals surface area contributed by atoms with E-state index in [1.165, 1.54) is 19.0 Å². The second-order valence-electron chi connectivity index (χ2n) is 9.84. The molecule has 0 fully saturated rings. The highest BCUT2D eigenvalue weighted by molar-refractivity contribution is 9.10. The van der Waals surface area contributed by atoms with Gasteiger partial charge in [0, 0.05) is 38.1 Å². The Morgan fingerprint density at radius 1 is 0.925 bits per heavy atom. The molecule has 0 aliphatic heterocycles. The summed E-state index contributed by atoms with van der Waals surface area (Å²) in [5.74, 6) is -0.790. The summed E-state index contributed by atoms with van der Waals surface area (Å²) in [6.45, 7) is 5.55. The first-order chi connectivity index (χ1) is 18.9. The maximum absolute atomic E-state index is 14.2. The Bertz CT molecular complexity index is 1430. The molecule has 0 aromatic heterocycles. The van der Waals surface area contributed by atoms with Crippen molar-refractivity contribution in [2.45, 2.75) is 39.8 Å². The van der Waals surface area contributed by atoms with Gasteiger partial charge in [0.05, 0.1) is 5.69 Å². The van der Waals surface area contributed by atoms with Gasteiger partial charge in [-0.3, -0.25) is 9.59 Å². The summed E-state index contributed by atoms with van der Waals surface area (Å²) in [6.07, 6.45) is 0.274. The number of anilines is 1. The molecule has 1 N–H and O–H groups in total. The first-order valence-corrected chi connectivity index (χ1v) is 15.3. The van der Waals surface area contributed by atoms with E-state index in [1.54, 1.807) is 6.07 Å². The molecule has 0 unspecified atom stereocenters. The topological polar surface area (TPSA) is 90.0 Å². The minimum absolute atomic E-state index is 0.121. The molecule has 214 valence electrons. The first kappa shape index (κ1) is 31.3. The van der Waals surface area contributed by atoms with Crippen LogP contribution in [0.2, 0.25) is 0 Å². The van der Waals surface area contributed by atoms with E-state index in [0.717, 1.165) is 29.8 Å². The van der Waals surface area contributed by atoms with Crippen molar-refractivity contribution in [1.29, 1.82) is 0 Å². The monoisotopic (exact) mass is 628 g/mol. The van der Waals surface area contributed by atoms with Gasteiger partial charge in [-0.25, -0.2) is 4.31 Å². The lowest BCUT2D eigenvalue weighted by atomic mass is 10.0. The molecule has 8 nitrogen and oxygen atoms in total. The second-order valence-corrected chi connectivity index (χ2v) is 12.8. The highest BCUT2D eigenvalue weighted by Gasteiger charge is 2.35. The van der Waals surface area contributed by atoms with Crippen molar-refractivity contribution >= 4 is 43.6 Å². The average molecular weight is 630 g/mol. The summed E-state index contributed by atoms with van der Waals surface area (Å²) < 4.78 is 30.1. The van der Waals surface area contributed by atoms with E-state index in [1.807, 2.05) is 87.5 Å². The van der Waals surface area contributed by atoms with Crippen molar-refractivity contribution in [1.82, 2.24) is 14.5 Å². The second kappa shape index (κ2) is 13.9. The van der Waals surface area contributed by atoms with Gasteiger partial charge in [0.1, 0.15) is 12.6 Å². The van der Waals surface area contributed by atoms with Gasteiger partial charge in [-0.05, 0) is 61.2 Å². The van der Waals surface area contributed by atoms with Crippen molar-refractivity contribution in [2.24, 2.45) is 0 Å². The molecule has 3 rings (SSSR count). The quantitative estimate of drug-likeness (QED) is 0.321. The number of halogens is 1. The Labute approximate surface area is 246 Å². The zero-order chi connectivity index (χ0) is 29.4. The number of nitrogens with zero attached hydrogens (tertiary/aromatic N) is 3. The SMILES string of the molecule is CCNC(=O)[C@@H](Cc1ccccc1)N(Cc1cccc(Br)c1)C(=O)CN(c1cc(C)ccc1C)S(=O)(=O)N(C)C. The molecule has 3 aromatic carbocycles. The molecule has 0 spiro atoms. The summed E-state index contributed by atoms with van der Waals surface area (Å²) in [7, 11) is -1.17. The Kier molecular flexibility index (Phi) is 10.9. The molecule has 0 radical (unpaired) electrons. The van der Waals surface area contributed by atoms with Gasteiger partial charge in [0.2, 0.25) is 11.8 Å².